The molecule has 1 amide bonds. The molecule has 48 heavy (non-hydrogen) atoms. The molecule has 1 unspecified atom stereocenters. The third-order valence-corrected chi connectivity index (χ3v) is 7.65. The first kappa shape index (κ1) is 39.4. The predicted octanol–water partition coefficient (Wildman–Crippen LogP) is 4.76. The zero-order chi connectivity index (χ0) is 35.3. The minimum Gasteiger partial charge on any atom is -0.387 e. The van der Waals surface area contributed by atoms with Crippen molar-refractivity contribution in [1.82, 2.24) is 20.2 Å². The summed E-state index contributed by atoms with van der Waals surface area (Å²) in [6.45, 7) is 6.54. The Bertz CT molecular complexity index is 1490. The van der Waals surface area contributed by atoms with E-state index < -0.39 is 0 Å². The van der Waals surface area contributed by atoms with Gasteiger partial charge < -0.3 is 35.8 Å². The first-order chi connectivity index (χ1) is 23.2. The molecular weight excluding hydrogens is 606 g/mol. The fourth-order valence-electron chi connectivity index (χ4n) is 5.12. The molecule has 0 saturated heterocycles. The standard InChI is InChI=1S/C17H28N4O2.C10H14N2.C10H9NO2/c1-18-14-17(22)21(3)10-4-5-11-23-12-6-7-15-8-9-16(19-2)20-13-15;1-7-4-8(2)10(12-3)9(5-7)6-11;12-5-7-1-8-3-10(6-13)11-4-9(8)2-7/h6-9,13,18H,4-5,10-12,14H2,1-3H3,(H,19,20);4-6,11-12H,1-3H3;3-7H,1-2H2/b7-6+;;. The number of aromatic nitrogens is 2. The Kier molecular flexibility index (Phi) is 18.0. The summed E-state index contributed by atoms with van der Waals surface area (Å²) in [6.07, 6.45) is 14.0. The second kappa shape index (κ2) is 21.9. The number of likely N-dealkylation sites (N-methyl/N-ethyl adjacent to an activating group) is 2. The smallest absolute Gasteiger partial charge is 0.236 e. The normalized spacial score (nSPS) is 12.9. The maximum Gasteiger partial charge on any atom is 0.236 e. The molecule has 0 aliphatic heterocycles. The number of benzene rings is 1. The number of nitrogens with zero attached hydrogens (tertiary/aromatic N) is 3. The van der Waals surface area contributed by atoms with E-state index in [2.05, 4.69) is 32.0 Å². The summed E-state index contributed by atoms with van der Waals surface area (Å²) in [5.74, 6) is 1.06. The Labute approximate surface area is 285 Å². The number of pyridine rings is 2. The lowest BCUT2D eigenvalue weighted by molar-refractivity contribution is -0.128. The quantitative estimate of drug-likeness (QED) is 0.103. The number of aryl methyl sites for hydroxylation is 2. The second-order valence-electron chi connectivity index (χ2n) is 11.5. The summed E-state index contributed by atoms with van der Waals surface area (Å²) >= 11 is 0. The number of amides is 1. The fourth-order valence-corrected chi connectivity index (χ4v) is 5.12. The summed E-state index contributed by atoms with van der Waals surface area (Å²) in [7, 11) is 7.33. The lowest BCUT2D eigenvalue weighted by Crippen LogP contribution is -2.34. The van der Waals surface area contributed by atoms with Gasteiger partial charge in [0.05, 0.1) is 13.2 Å². The zero-order valence-electron chi connectivity index (χ0n) is 29.1. The van der Waals surface area contributed by atoms with Crippen LogP contribution in [0, 0.1) is 25.2 Å². The highest BCUT2D eigenvalue weighted by atomic mass is 16.5. The molecule has 0 saturated carbocycles. The molecule has 1 aliphatic carbocycles. The summed E-state index contributed by atoms with van der Waals surface area (Å²) in [5, 5.41) is 16.2. The molecule has 1 aliphatic rings. The van der Waals surface area contributed by atoms with E-state index in [4.69, 9.17) is 10.1 Å². The Morgan fingerprint density at radius 3 is 2.42 bits per heavy atom. The van der Waals surface area contributed by atoms with Gasteiger partial charge in [-0.25, -0.2) is 4.98 Å². The first-order valence-corrected chi connectivity index (χ1v) is 16.1. The van der Waals surface area contributed by atoms with Crippen molar-refractivity contribution < 1.29 is 19.1 Å². The third-order valence-electron chi connectivity index (χ3n) is 7.65. The van der Waals surface area contributed by atoms with E-state index in [0.717, 1.165) is 78.6 Å². The molecule has 11 heteroatoms. The molecule has 0 spiro atoms. The van der Waals surface area contributed by atoms with E-state index in [-0.39, 0.29) is 11.8 Å². The van der Waals surface area contributed by atoms with E-state index in [0.29, 0.717) is 25.5 Å². The minimum atomic E-state index is 0.0821. The van der Waals surface area contributed by atoms with Crippen LogP contribution < -0.4 is 16.0 Å². The number of nitrogens with one attached hydrogen (secondary N) is 4. The zero-order valence-corrected chi connectivity index (χ0v) is 29.1. The van der Waals surface area contributed by atoms with Crippen LogP contribution in [0.25, 0.3) is 6.08 Å². The largest absolute Gasteiger partial charge is 0.387 e. The number of carbonyl (C=O) groups excluding carboxylic acids is 3. The number of carbonyl (C=O) groups is 3. The molecule has 1 atom stereocenters. The Morgan fingerprint density at radius 1 is 1.02 bits per heavy atom. The van der Waals surface area contributed by atoms with Gasteiger partial charge in [-0.3, -0.25) is 14.6 Å². The Morgan fingerprint density at radius 2 is 1.79 bits per heavy atom. The van der Waals surface area contributed by atoms with Gasteiger partial charge in [0.25, 0.3) is 0 Å². The number of unbranched alkanes of at least 4 members (excludes halogenated alkanes) is 1. The van der Waals surface area contributed by atoms with Crippen molar-refractivity contribution in [2.75, 3.05) is 65.1 Å². The highest BCUT2D eigenvalue weighted by Gasteiger charge is 2.21. The van der Waals surface area contributed by atoms with Crippen LogP contribution >= 0.6 is 0 Å². The molecule has 2 heterocycles. The van der Waals surface area contributed by atoms with Crippen molar-refractivity contribution in [2.45, 2.75) is 39.5 Å². The molecule has 11 nitrogen and oxygen atoms in total. The molecule has 4 rings (SSSR count). The third kappa shape index (κ3) is 13.5. The molecular formula is C37H51N7O4. The maximum absolute atomic E-state index is 11.5. The van der Waals surface area contributed by atoms with E-state index in [1.165, 1.54) is 17.3 Å². The fraction of sp³-hybridized carbons (Fsp3) is 0.405. The van der Waals surface area contributed by atoms with Crippen molar-refractivity contribution in [3.05, 3.63) is 87.9 Å². The molecule has 2 aromatic heterocycles. The van der Waals surface area contributed by atoms with E-state index in [1.54, 1.807) is 24.2 Å². The topological polar surface area (TPSA) is 149 Å². The number of anilines is 2. The molecule has 1 aromatic carbocycles. The van der Waals surface area contributed by atoms with Gasteiger partial charge >= 0.3 is 0 Å². The van der Waals surface area contributed by atoms with Gasteiger partial charge in [0.15, 0.2) is 6.29 Å². The highest BCUT2D eigenvalue weighted by molar-refractivity contribution is 5.87. The summed E-state index contributed by atoms with van der Waals surface area (Å²) in [4.78, 5) is 42.4. The van der Waals surface area contributed by atoms with Crippen LogP contribution in [0.2, 0.25) is 0 Å². The van der Waals surface area contributed by atoms with Crippen molar-refractivity contribution in [2.24, 2.45) is 5.92 Å². The average molecular weight is 658 g/mol. The molecule has 0 bridgehead atoms. The predicted molar refractivity (Wildman–Crippen MR) is 194 cm³/mol. The molecule has 0 fully saturated rings. The Hall–Kier alpha value is -4.74. The number of hydrogen-bond donors (Lipinski definition) is 4. The molecule has 0 radical (unpaired) electrons. The number of rotatable bonds is 15. The minimum absolute atomic E-state index is 0.0821. The van der Waals surface area contributed by atoms with Gasteiger partial charge in [-0.2, -0.15) is 0 Å². The first-order valence-electron chi connectivity index (χ1n) is 16.1. The monoisotopic (exact) mass is 657 g/mol. The summed E-state index contributed by atoms with van der Waals surface area (Å²) in [5.41, 5.74) is 8.09. The SMILES string of the molecule is CNCC(=O)N(C)CCCCOC/C=C/c1ccc(NC)nc1.CNc1c(C)cc(C)cc1C=N.O=Cc1cc2c(cn1)CC(C=O)C2. The Balaban J connectivity index is 0.000000270. The van der Waals surface area contributed by atoms with Gasteiger partial charge in [-0.15, -0.1) is 0 Å². The van der Waals surface area contributed by atoms with Crippen LogP contribution in [0.5, 0.6) is 0 Å². The van der Waals surface area contributed by atoms with Crippen LogP contribution in [0.4, 0.5) is 11.5 Å². The lowest BCUT2D eigenvalue weighted by atomic mass is 10.0. The van der Waals surface area contributed by atoms with Crippen molar-refractivity contribution in [3.8, 4) is 0 Å². The number of hydrogen-bond acceptors (Lipinski definition) is 10. The van der Waals surface area contributed by atoms with Crippen LogP contribution in [-0.2, 0) is 27.2 Å². The average Bonchev–Trinajstić information content (AvgIpc) is 3.52. The summed E-state index contributed by atoms with van der Waals surface area (Å²) in [6, 6.07) is 9.83. The van der Waals surface area contributed by atoms with E-state index >= 15 is 0 Å². The van der Waals surface area contributed by atoms with Gasteiger partial charge in [0.2, 0.25) is 5.91 Å². The maximum atomic E-state index is 11.5. The molecule has 4 N–H and O–H groups in total. The molecule has 258 valence electrons. The highest BCUT2D eigenvalue weighted by Crippen LogP contribution is 2.25. The second-order valence-corrected chi connectivity index (χ2v) is 11.5. The number of ether oxygens (including phenoxy) is 1. The van der Waals surface area contributed by atoms with Crippen molar-refractivity contribution in [1.29, 1.82) is 5.41 Å². The summed E-state index contributed by atoms with van der Waals surface area (Å²) < 4.78 is 5.55. The molecule has 3 aromatic rings. The lowest BCUT2D eigenvalue weighted by Gasteiger charge is -2.16. The number of aldehydes is 2. The van der Waals surface area contributed by atoms with Crippen LogP contribution in [0.1, 0.15) is 56.7 Å². The van der Waals surface area contributed by atoms with Gasteiger partial charge in [0.1, 0.15) is 17.8 Å². The van der Waals surface area contributed by atoms with Gasteiger partial charge in [0, 0.05) is 70.1 Å². The van der Waals surface area contributed by atoms with Gasteiger partial charge in [-0.1, -0.05) is 23.8 Å². The van der Waals surface area contributed by atoms with Crippen LogP contribution in [-0.4, -0.2) is 94.1 Å². The van der Waals surface area contributed by atoms with Crippen LogP contribution in [0.3, 0.4) is 0 Å². The van der Waals surface area contributed by atoms with Crippen molar-refractivity contribution >= 4 is 42.3 Å². The van der Waals surface area contributed by atoms with Gasteiger partial charge in [-0.05, 0) is 93.1 Å². The van der Waals surface area contributed by atoms with E-state index in [1.807, 2.05) is 71.5 Å². The number of fused-ring (bicyclic) bond motifs is 1. The van der Waals surface area contributed by atoms with Crippen LogP contribution in [0.15, 0.2) is 48.8 Å². The van der Waals surface area contributed by atoms with E-state index in [9.17, 15) is 14.4 Å². The van der Waals surface area contributed by atoms with Crippen molar-refractivity contribution in [3.63, 3.8) is 0 Å².